The third-order valence-electron chi connectivity index (χ3n) is 2.70. The monoisotopic (exact) mass is 195 g/mol. The van der Waals surface area contributed by atoms with Crippen LogP contribution in [0.4, 0.5) is 0 Å². The van der Waals surface area contributed by atoms with Gasteiger partial charge in [-0.2, -0.15) is 0 Å². The van der Waals surface area contributed by atoms with Gasteiger partial charge in [0.15, 0.2) is 0 Å². The van der Waals surface area contributed by atoms with E-state index >= 15 is 0 Å². The van der Waals surface area contributed by atoms with E-state index in [1.165, 1.54) is 0 Å². The molecule has 1 aliphatic rings. The molecule has 2 unspecified atom stereocenters. The number of likely N-dealkylation sites (N-methyl/N-ethyl adjacent to an activating group) is 1. The molecule has 1 aromatic heterocycles. The molecule has 4 heteroatoms. The van der Waals surface area contributed by atoms with Gasteiger partial charge in [-0.05, 0) is 13.0 Å². The van der Waals surface area contributed by atoms with Gasteiger partial charge in [-0.25, -0.2) is 4.98 Å². The van der Waals surface area contributed by atoms with Gasteiger partial charge in [-0.1, -0.05) is 6.92 Å². The molecular weight excluding hydrogens is 178 g/mol. The molecule has 0 aromatic carbocycles. The highest BCUT2D eigenvalue weighted by Gasteiger charge is 2.25. The molecule has 1 N–H and O–H groups in total. The number of hydrogen-bond donors (Lipinski definition) is 1. The Morgan fingerprint density at radius 2 is 2.57 bits per heavy atom. The van der Waals surface area contributed by atoms with Crippen molar-refractivity contribution in [1.29, 1.82) is 0 Å². The Morgan fingerprint density at radius 1 is 1.64 bits per heavy atom. The summed E-state index contributed by atoms with van der Waals surface area (Å²) in [6, 6.07) is 0.911. The van der Waals surface area contributed by atoms with Crippen LogP contribution in [0.2, 0.25) is 0 Å². The summed E-state index contributed by atoms with van der Waals surface area (Å²) in [7, 11) is 0. The van der Waals surface area contributed by atoms with Crippen molar-refractivity contribution in [2.45, 2.75) is 25.4 Å². The molecule has 1 aromatic rings. The van der Waals surface area contributed by atoms with Crippen LogP contribution in [0, 0.1) is 0 Å². The van der Waals surface area contributed by atoms with Gasteiger partial charge in [-0.3, -0.25) is 0 Å². The van der Waals surface area contributed by atoms with E-state index in [2.05, 4.69) is 21.8 Å². The summed E-state index contributed by atoms with van der Waals surface area (Å²) in [6.07, 6.45) is 6.77. The normalized spacial score (nSPS) is 27.8. The first-order valence-corrected chi connectivity index (χ1v) is 5.20. The number of nitrogens with one attached hydrogen (secondary N) is 1. The van der Waals surface area contributed by atoms with Gasteiger partial charge in [0.05, 0.1) is 19.0 Å². The van der Waals surface area contributed by atoms with Gasteiger partial charge < -0.3 is 14.6 Å². The van der Waals surface area contributed by atoms with E-state index in [4.69, 9.17) is 4.74 Å². The molecule has 2 atom stereocenters. The van der Waals surface area contributed by atoms with E-state index in [0.717, 1.165) is 26.2 Å². The van der Waals surface area contributed by atoms with Crippen molar-refractivity contribution in [2.75, 3.05) is 19.8 Å². The molecule has 2 rings (SSSR count). The maximum Gasteiger partial charge on any atom is 0.0949 e. The number of aromatic nitrogens is 2. The molecule has 0 aliphatic carbocycles. The van der Waals surface area contributed by atoms with E-state index in [-0.39, 0.29) is 0 Å². The molecule has 78 valence electrons. The first kappa shape index (κ1) is 9.68. The lowest BCUT2D eigenvalue weighted by atomic mass is 10.0. The van der Waals surface area contributed by atoms with Crippen LogP contribution in [0.15, 0.2) is 18.7 Å². The van der Waals surface area contributed by atoms with E-state index in [9.17, 15) is 0 Å². The second kappa shape index (κ2) is 4.57. The summed E-state index contributed by atoms with van der Waals surface area (Å²) < 4.78 is 7.63. The van der Waals surface area contributed by atoms with Crippen LogP contribution in [0.25, 0.3) is 0 Å². The van der Waals surface area contributed by atoms with E-state index < -0.39 is 0 Å². The number of hydrogen-bond acceptors (Lipinski definition) is 3. The fourth-order valence-corrected chi connectivity index (χ4v) is 1.98. The Bertz CT molecular complexity index is 258. The third-order valence-corrected chi connectivity index (χ3v) is 2.70. The van der Waals surface area contributed by atoms with E-state index in [1.54, 1.807) is 0 Å². The zero-order valence-electron chi connectivity index (χ0n) is 8.52. The summed E-state index contributed by atoms with van der Waals surface area (Å²) in [5.74, 6) is 0. The molecule has 0 radical (unpaired) electrons. The molecule has 0 bridgehead atoms. The average Bonchev–Trinajstić information content (AvgIpc) is 2.72. The smallest absolute Gasteiger partial charge is 0.0949 e. The Balaban J connectivity index is 2.06. The van der Waals surface area contributed by atoms with Crippen molar-refractivity contribution in [3.05, 3.63) is 18.7 Å². The van der Waals surface area contributed by atoms with E-state index in [1.807, 2.05) is 18.7 Å². The van der Waals surface area contributed by atoms with E-state index in [0.29, 0.717) is 12.1 Å². The quantitative estimate of drug-likeness (QED) is 0.776. The molecule has 0 amide bonds. The lowest BCUT2D eigenvalue weighted by Gasteiger charge is -2.32. The molecule has 2 heterocycles. The average molecular weight is 195 g/mol. The number of nitrogens with zero attached hydrogens (tertiary/aromatic N) is 2. The first-order valence-electron chi connectivity index (χ1n) is 5.20. The molecule has 0 spiro atoms. The second-order valence-corrected chi connectivity index (χ2v) is 3.61. The van der Waals surface area contributed by atoms with Crippen LogP contribution in [0.5, 0.6) is 0 Å². The standard InChI is InChI=1S/C10H17N3O/c1-2-12-9-3-6-14-7-10(9)13-5-4-11-8-13/h4-5,8-10,12H,2-3,6-7H2,1H3. The fourth-order valence-electron chi connectivity index (χ4n) is 1.98. The lowest BCUT2D eigenvalue weighted by Crippen LogP contribution is -2.43. The number of rotatable bonds is 3. The highest BCUT2D eigenvalue weighted by atomic mass is 16.5. The molecule has 0 saturated carbocycles. The van der Waals surface area contributed by atoms with Crippen LogP contribution >= 0.6 is 0 Å². The van der Waals surface area contributed by atoms with Crippen LogP contribution in [0.3, 0.4) is 0 Å². The minimum atomic E-state index is 0.395. The highest BCUT2D eigenvalue weighted by Crippen LogP contribution is 2.19. The zero-order chi connectivity index (χ0) is 9.80. The van der Waals surface area contributed by atoms with Gasteiger partial charge in [-0.15, -0.1) is 0 Å². The molecule has 1 aliphatic heterocycles. The van der Waals surface area contributed by atoms with Gasteiger partial charge >= 0.3 is 0 Å². The minimum absolute atomic E-state index is 0.395. The Labute approximate surface area is 84.3 Å². The summed E-state index contributed by atoms with van der Waals surface area (Å²) in [5.41, 5.74) is 0. The van der Waals surface area contributed by atoms with Crippen LogP contribution in [-0.4, -0.2) is 35.4 Å². The molecular formula is C10H17N3O. The van der Waals surface area contributed by atoms with Gasteiger partial charge in [0.1, 0.15) is 0 Å². The highest BCUT2D eigenvalue weighted by molar-refractivity contribution is 4.89. The zero-order valence-corrected chi connectivity index (χ0v) is 8.52. The first-order chi connectivity index (χ1) is 6.92. The van der Waals surface area contributed by atoms with Gasteiger partial charge in [0, 0.05) is 25.0 Å². The molecule has 14 heavy (non-hydrogen) atoms. The third kappa shape index (κ3) is 1.96. The SMILES string of the molecule is CCNC1CCOCC1n1ccnc1. The Morgan fingerprint density at radius 3 is 3.29 bits per heavy atom. The Hall–Kier alpha value is -0.870. The summed E-state index contributed by atoms with van der Waals surface area (Å²) >= 11 is 0. The molecule has 4 nitrogen and oxygen atoms in total. The van der Waals surface area contributed by atoms with Crippen molar-refractivity contribution >= 4 is 0 Å². The van der Waals surface area contributed by atoms with Crippen molar-refractivity contribution < 1.29 is 4.74 Å². The van der Waals surface area contributed by atoms with Crippen LogP contribution in [0.1, 0.15) is 19.4 Å². The largest absolute Gasteiger partial charge is 0.379 e. The topological polar surface area (TPSA) is 39.1 Å². The minimum Gasteiger partial charge on any atom is -0.379 e. The van der Waals surface area contributed by atoms with Crippen molar-refractivity contribution in [3.8, 4) is 0 Å². The maximum absolute atomic E-state index is 5.49. The van der Waals surface area contributed by atoms with Crippen molar-refractivity contribution in [1.82, 2.24) is 14.9 Å². The van der Waals surface area contributed by atoms with Crippen LogP contribution in [-0.2, 0) is 4.74 Å². The maximum atomic E-state index is 5.49. The molecule has 1 saturated heterocycles. The van der Waals surface area contributed by atoms with Gasteiger partial charge in [0.2, 0.25) is 0 Å². The fraction of sp³-hybridized carbons (Fsp3) is 0.700. The van der Waals surface area contributed by atoms with Crippen molar-refractivity contribution in [3.63, 3.8) is 0 Å². The van der Waals surface area contributed by atoms with Crippen LogP contribution < -0.4 is 5.32 Å². The lowest BCUT2D eigenvalue weighted by molar-refractivity contribution is 0.0375. The number of ether oxygens (including phenoxy) is 1. The number of imidazole rings is 1. The predicted molar refractivity (Wildman–Crippen MR) is 54.2 cm³/mol. The van der Waals surface area contributed by atoms with Crippen molar-refractivity contribution in [2.24, 2.45) is 0 Å². The summed E-state index contributed by atoms with van der Waals surface area (Å²) in [5, 5.41) is 3.49. The van der Waals surface area contributed by atoms with Gasteiger partial charge in [0.25, 0.3) is 0 Å². The molecule has 1 fully saturated rings. The summed E-state index contributed by atoms with van der Waals surface area (Å²) in [4.78, 5) is 4.07. The second-order valence-electron chi connectivity index (χ2n) is 3.61. The Kier molecular flexibility index (Phi) is 3.16. The summed E-state index contributed by atoms with van der Waals surface area (Å²) in [6.45, 7) is 4.80. The predicted octanol–water partition coefficient (Wildman–Crippen LogP) is 0.823.